The second-order valence-corrected chi connectivity index (χ2v) is 8.87. The first-order valence-electron chi connectivity index (χ1n) is 10.9. The van der Waals surface area contributed by atoms with Crippen LogP contribution in [0, 0.1) is 46.3 Å². The van der Waals surface area contributed by atoms with Gasteiger partial charge >= 0.3 is 0 Å². The Labute approximate surface area is 173 Å². The summed E-state index contributed by atoms with van der Waals surface area (Å²) in [6.45, 7) is 4.43. The highest BCUT2D eigenvalue weighted by Crippen LogP contribution is 2.56. The highest BCUT2D eigenvalue weighted by atomic mass is 16.5. The van der Waals surface area contributed by atoms with Gasteiger partial charge in [-0.15, -0.1) is 0 Å². The van der Waals surface area contributed by atoms with Crippen LogP contribution in [-0.2, 0) is 4.79 Å². The molecule has 4 nitrogen and oxygen atoms in total. The molecular formula is C25H28N2O2. The standard InChI is InChI=1S/C25H28N2O2/c1-3-15(2)16-7-9-18(10-8-16)29-22-12-11-21-24-19(22)5-4-6-20(24)23(25(21)28)17(13-26)14-27/h7-10,15,19-22,24H,3-6,11-12H2,1-2H3. The molecule has 0 bridgehead atoms. The number of benzene rings is 1. The molecule has 3 aliphatic rings. The quantitative estimate of drug-likeness (QED) is 0.517. The molecule has 6 unspecified atom stereocenters. The summed E-state index contributed by atoms with van der Waals surface area (Å²) in [5, 5.41) is 18.7. The first kappa shape index (κ1) is 19.7. The fourth-order valence-electron chi connectivity index (χ4n) is 5.93. The first-order valence-corrected chi connectivity index (χ1v) is 10.9. The van der Waals surface area contributed by atoms with E-state index in [0.717, 1.165) is 44.3 Å². The summed E-state index contributed by atoms with van der Waals surface area (Å²) in [5.74, 6) is 2.06. The number of rotatable bonds is 4. The van der Waals surface area contributed by atoms with E-state index in [0.29, 0.717) is 17.4 Å². The molecule has 6 atom stereocenters. The van der Waals surface area contributed by atoms with Crippen molar-refractivity contribution < 1.29 is 9.53 Å². The van der Waals surface area contributed by atoms with Crippen molar-refractivity contribution >= 4 is 5.78 Å². The van der Waals surface area contributed by atoms with Gasteiger partial charge in [-0.2, -0.15) is 10.5 Å². The lowest BCUT2D eigenvalue weighted by Gasteiger charge is -2.44. The third kappa shape index (κ3) is 3.36. The molecular weight excluding hydrogens is 360 g/mol. The number of Topliss-reactive ketones (excluding diaryl/α,β-unsaturated/α-hetero) is 1. The number of ketones is 1. The minimum Gasteiger partial charge on any atom is -0.490 e. The number of hydrogen-bond acceptors (Lipinski definition) is 4. The molecule has 3 fully saturated rings. The number of allylic oxidation sites excluding steroid dienone is 2. The summed E-state index contributed by atoms with van der Waals surface area (Å²) < 4.78 is 6.44. The van der Waals surface area contributed by atoms with Gasteiger partial charge in [-0.3, -0.25) is 4.79 Å². The summed E-state index contributed by atoms with van der Waals surface area (Å²) >= 11 is 0. The van der Waals surface area contributed by atoms with E-state index in [9.17, 15) is 15.3 Å². The maximum absolute atomic E-state index is 13.0. The van der Waals surface area contributed by atoms with Gasteiger partial charge in [0.1, 0.15) is 29.6 Å². The summed E-state index contributed by atoms with van der Waals surface area (Å²) in [5.41, 5.74) is 1.89. The zero-order valence-electron chi connectivity index (χ0n) is 17.2. The molecule has 0 amide bonds. The van der Waals surface area contributed by atoms with Crippen LogP contribution >= 0.6 is 0 Å². The molecule has 3 aliphatic carbocycles. The van der Waals surface area contributed by atoms with E-state index in [1.165, 1.54) is 5.56 Å². The lowest BCUT2D eigenvalue weighted by atomic mass is 9.63. The Kier molecular flexibility index (Phi) is 5.46. The second-order valence-electron chi connectivity index (χ2n) is 8.87. The average Bonchev–Trinajstić information content (AvgIpc) is 3.04. The zero-order chi connectivity index (χ0) is 20.5. The number of nitrogens with zero attached hydrogens (tertiary/aromatic N) is 2. The summed E-state index contributed by atoms with van der Waals surface area (Å²) in [7, 11) is 0. The smallest absolute Gasteiger partial charge is 0.164 e. The minimum atomic E-state index is -0.0374. The number of carbonyl (C=O) groups is 1. The normalized spacial score (nSPS) is 31.4. The Balaban J connectivity index is 1.57. The van der Waals surface area contributed by atoms with Crippen LogP contribution in [0.4, 0.5) is 0 Å². The Hall–Kier alpha value is -2.59. The lowest BCUT2D eigenvalue weighted by Crippen LogP contribution is -2.44. The second kappa shape index (κ2) is 8.03. The van der Waals surface area contributed by atoms with E-state index < -0.39 is 0 Å². The number of nitriles is 2. The molecule has 0 spiro atoms. The zero-order valence-corrected chi connectivity index (χ0v) is 17.2. The summed E-state index contributed by atoms with van der Waals surface area (Å²) in [6.07, 6.45) is 5.86. The predicted molar refractivity (Wildman–Crippen MR) is 110 cm³/mol. The maximum Gasteiger partial charge on any atom is 0.164 e. The fraction of sp³-hybridized carbons (Fsp3) is 0.560. The van der Waals surface area contributed by atoms with E-state index >= 15 is 0 Å². The Bertz CT molecular complexity index is 886. The van der Waals surface area contributed by atoms with Gasteiger partial charge in [0.25, 0.3) is 0 Å². The molecule has 3 saturated carbocycles. The Morgan fingerprint density at radius 3 is 2.48 bits per heavy atom. The molecule has 150 valence electrons. The third-order valence-electron chi connectivity index (χ3n) is 7.53. The molecule has 4 heteroatoms. The van der Waals surface area contributed by atoms with Crippen LogP contribution in [0.3, 0.4) is 0 Å². The Morgan fingerprint density at radius 2 is 1.83 bits per heavy atom. The van der Waals surface area contributed by atoms with Crippen molar-refractivity contribution in [2.45, 2.75) is 64.4 Å². The van der Waals surface area contributed by atoms with Crippen LogP contribution in [0.2, 0.25) is 0 Å². The molecule has 0 heterocycles. The molecule has 0 aromatic heterocycles. The molecule has 1 aromatic rings. The van der Waals surface area contributed by atoms with Crippen molar-refractivity contribution in [1.82, 2.24) is 0 Å². The topological polar surface area (TPSA) is 73.9 Å². The number of hydrogen-bond donors (Lipinski definition) is 0. The average molecular weight is 389 g/mol. The van der Waals surface area contributed by atoms with Gasteiger partial charge in [0.05, 0.1) is 0 Å². The number of ether oxygens (including phenoxy) is 1. The predicted octanol–water partition coefficient (Wildman–Crippen LogP) is 5.32. The monoisotopic (exact) mass is 388 g/mol. The molecule has 4 rings (SSSR count). The van der Waals surface area contributed by atoms with Crippen LogP contribution in [0.25, 0.3) is 0 Å². The third-order valence-corrected chi connectivity index (χ3v) is 7.53. The highest BCUT2D eigenvalue weighted by Gasteiger charge is 2.56. The van der Waals surface area contributed by atoms with Gasteiger partial charge in [-0.25, -0.2) is 0 Å². The van der Waals surface area contributed by atoms with Gasteiger partial charge < -0.3 is 4.74 Å². The van der Waals surface area contributed by atoms with E-state index in [4.69, 9.17) is 4.74 Å². The van der Waals surface area contributed by atoms with Crippen molar-refractivity contribution in [1.29, 1.82) is 10.5 Å². The van der Waals surface area contributed by atoms with Crippen LogP contribution in [0.1, 0.15) is 63.9 Å². The van der Waals surface area contributed by atoms with E-state index in [2.05, 4.69) is 38.1 Å². The molecule has 0 aliphatic heterocycles. The Morgan fingerprint density at radius 1 is 1.10 bits per heavy atom. The summed E-state index contributed by atoms with van der Waals surface area (Å²) in [4.78, 5) is 13.0. The minimum absolute atomic E-state index is 0.0353. The van der Waals surface area contributed by atoms with Crippen LogP contribution < -0.4 is 4.74 Å². The van der Waals surface area contributed by atoms with Gasteiger partial charge in [-0.1, -0.05) is 32.4 Å². The van der Waals surface area contributed by atoms with Gasteiger partial charge in [0.15, 0.2) is 5.78 Å². The maximum atomic E-state index is 13.0. The van der Waals surface area contributed by atoms with Crippen LogP contribution in [-0.4, -0.2) is 11.9 Å². The van der Waals surface area contributed by atoms with Crippen molar-refractivity contribution in [3.05, 3.63) is 41.0 Å². The van der Waals surface area contributed by atoms with Crippen molar-refractivity contribution in [3.8, 4) is 17.9 Å². The van der Waals surface area contributed by atoms with Crippen molar-refractivity contribution in [2.24, 2.45) is 23.7 Å². The first-order chi connectivity index (χ1) is 14.1. The summed E-state index contributed by atoms with van der Waals surface area (Å²) in [6, 6.07) is 12.4. The van der Waals surface area contributed by atoms with Crippen LogP contribution in [0.15, 0.2) is 35.4 Å². The van der Waals surface area contributed by atoms with E-state index in [-0.39, 0.29) is 35.2 Å². The highest BCUT2D eigenvalue weighted by molar-refractivity contribution is 6.02. The fourth-order valence-corrected chi connectivity index (χ4v) is 5.93. The van der Waals surface area contributed by atoms with Gasteiger partial charge in [0, 0.05) is 11.5 Å². The molecule has 0 N–H and O–H groups in total. The van der Waals surface area contributed by atoms with E-state index in [1.807, 2.05) is 12.1 Å². The number of carbonyl (C=O) groups excluding carboxylic acids is 1. The SMILES string of the molecule is CCC(C)c1ccc(OC2CCC3C(=O)C(=C(C#N)C#N)C4CCCC2C34)cc1. The lowest BCUT2D eigenvalue weighted by molar-refractivity contribution is -0.121. The molecule has 0 radical (unpaired) electrons. The van der Waals surface area contributed by atoms with Crippen molar-refractivity contribution in [3.63, 3.8) is 0 Å². The molecule has 29 heavy (non-hydrogen) atoms. The molecule has 1 aromatic carbocycles. The van der Waals surface area contributed by atoms with Crippen LogP contribution in [0.5, 0.6) is 5.75 Å². The van der Waals surface area contributed by atoms with Gasteiger partial charge in [0.2, 0.25) is 0 Å². The van der Waals surface area contributed by atoms with Gasteiger partial charge in [-0.05, 0) is 73.5 Å². The van der Waals surface area contributed by atoms with E-state index in [1.54, 1.807) is 0 Å². The van der Waals surface area contributed by atoms with Crippen molar-refractivity contribution in [2.75, 3.05) is 0 Å². The molecule has 0 saturated heterocycles. The largest absolute Gasteiger partial charge is 0.490 e.